The number of aliphatic imine (C=N–C) groups is 1. The molecule has 0 atom stereocenters. The molecule has 0 aliphatic carbocycles. The Balaban J connectivity index is 1.86. The quantitative estimate of drug-likeness (QED) is 0.918. The van der Waals surface area contributed by atoms with Crippen molar-refractivity contribution in [3.05, 3.63) is 57.9 Å². The van der Waals surface area contributed by atoms with Gasteiger partial charge in [-0.3, -0.25) is 4.99 Å². The maximum atomic E-state index is 14.2. The number of amidine groups is 1. The molecule has 0 amide bonds. The van der Waals surface area contributed by atoms with Gasteiger partial charge in [-0.25, -0.2) is 4.39 Å². The lowest BCUT2D eigenvalue weighted by molar-refractivity contribution is 0.441. The van der Waals surface area contributed by atoms with Gasteiger partial charge in [-0.2, -0.15) is 0 Å². The van der Waals surface area contributed by atoms with Crippen LogP contribution in [0.4, 0.5) is 4.39 Å². The Kier molecular flexibility index (Phi) is 4.03. The van der Waals surface area contributed by atoms with Crippen molar-refractivity contribution in [2.75, 3.05) is 13.1 Å². The van der Waals surface area contributed by atoms with E-state index in [2.05, 4.69) is 10.3 Å². The van der Waals surface area contributed by atoms with Crippen LogP contribution in [0.1, 0.15) is 16.7 Å². The Hall–Kier alpha value is -2.07. The Labute approximate surface area is 133 Å². The van der Waals surface area contributed by atoms with Crippen LogP contribution in [0.25, 0.3) is 0 Å². The maximum absolute atomic E-state index is 14.2. The summed E-state index contributed by atoms with van der Waals surface area (Å²) in [7, 11) is 0. The predicted octanol–water partition coefficient (Wildman–Crippen LogP) is 4.24. The lowest BCUT2D eigenvalue weighted by atomic mass is 10.1. The fourth-order valence-corrected chi connectivity index (χ4v) is 2.52. The second-order valence-corrected chi connectivity index (χ2v) is 5.65. The van der Waals surface area contributed by atoms with Crippen molar-refractivity contribution in [2.45, 2.75) is 13.8 Å². The SMILES string of the molecule is Cc1cc(Oc2ccc(C3=NCCN3)cc2F)cc(C)c1Cl. The van der Waals surface area contributed by atoms with Gasteiger partial charge in [0.2, 0.25) is 0 Å². The van der Waals surface area contributed by atoms with E-state index in [-0.39, 0.29) is 5.75 Å². The standard InChI is InChI=1S/C17H16ClFN2O/c1-10-7-13(8-11(2)16(10)18)22-15-4-3-12(9-14(15)19)17-20-5-6-21-17/h3-4,7-9H,5-6H2,1-2H3,(H,20,21). The molecule has 3 rings (SSSR count). The first-order chi connectivity index (χ1) is 10.5. The number of nitrogens with one attached hydrogen (secondary N) is 1. The van der Waals surface area contributed by atoms with Gasteiger partial charge in [0.05, 0.1) is 6.54 Å². The number of rotatable bonds is 3. The minimum atomic E-state index is -0.417. The minimum absolute atomic E-state index is 0.184. The van der Waals surface area contributed by atoms with E-state index in [9.17, 15) is 4.39 Å². The molecule has 3 nitrogen and oxygen atoms in total. The van der Waals surface area contributed by atoms with Gasteiger partial charge in [0.1, 0.15) is 11.6 Å². The zero-order valence-corrected chi connectivity index (χ0v) is 13.2. The first-order valence-electron chi connectivity index (χ1n) is 7.07. The van der Waals surface area contributed by atoms with Crippen LogP contribution >= 0.6 is 11.6 Å². The van der Waals surface area contributed by atoms with Crippen LogP contribution in [0.3, 0.4) is 0 Å². The van der Waals surface area contributed by atoms with Crippen LogP contribution in [0.2, 0.25) is 5.02 Å². The number of aryl methyl sites for hydroxylation is 2. The molecule has 114 valence electrons. The molecule has 2 aromatic carbocycles. The normalized spacial score (nSPS) is 13.7. The van der Waals surface area contributed by atoms with E-state index in [1.807, 2.05) is 13.8 Å². The summed E-state index contributed by atoms with van der Waals surface area (Å²) in [6.07, 6.45) is 0. The molecule has 1 aliphatic heterocycles. The molecular weight excluding hydrogens is 303 g/mol. The van der Waals surface area contributed by atoms with Gasteiger partial charge in [-0.1, -0.05) is 11.6 Å². The number of nitrogens with zero attached hydrogens (tertiary/aromatic N) is 1. The molecule has 1 aliphatic rings. The zero-order valence-electron chi connectivity index (χ0n) is 12.4. The molecule has 0 aromatic heterocycles. The number of ether oxygens (including phenoxy) is 1. The molecule has 2 aromatic rings. The molecule has 0 saturated heterocycles. The van der Waals surface area contributed by atoms with Crippen LogP contribution < -0.4 is 10.1 Å². The largest absolute Gasteiger partial charge is 0.454 e. The van der Waals surface area contributed by atoms with Crippen molar-refractivity contribution in [1.82, 2.24) is 5.32 Å². The molecule has 0 saturated carbocycles. The summed E-state index contributed by atoms with van der Waals surface area (Å²) in [5.41, 5.74) is 2.53. The van der Waals surface area contributed by atoms with Crippen LogP contribution in [-0.2, 0) is 0 Å². The molecule has 1 heterocycles. The molecule has 22 heavy (non-hydrogen) atoms. The minimum Gasteiger partial charge on any atom is -0.454 e. The van der Waals surface area contributed by atoms with Crippen molar-refractivity contribution in [3.8, 4) is 11.5 Å². The summed E-state index contributed by atoms with van der Waals surface area (Å²) in [6, 6.07) is 8.44. The molecule has 0 spiro atoms. The summed E-state index contributed by atoms with van der Waals surface area (Å²) in [6.45, 7) is 5.30. The molecule has 0 fully saturated rings. The van der Waals surface area contributed by atoms with Crippen LogP contribution in [0, 0.1) is 19.7 Å². The fraction of sp³-hybridized carbons (Fsp3) is 0.235. The third-order valence-corrected chi connectivity index (χ3v) is 4.11. The first kappa shape index (κ1) is 14.9. The summed E-state index contributed by atoms with van der Waals surface area (Å²) >= 11 is 6.13. The highest BCUT2D eigenvalue weighted by Gasteiger charge is 2.13. The van der Waals surface area contributed by atoms with E-state index in [0.29, 0.717) is 10.8 Å². The van der Waals surface area contributed by atoms with Crippen molar-refractivity contribution >= 4 is 17.4 Å². The van der Waals surface area contributed by atoms with E-state index in [4.69, 9.17) is 16.3 Å². The van der Waals surface area contributed by atoms with E-state index in [1.165, 1.54) is 6.07 Å². The molecule has 1 N–H and O–H groups in total. The third-order valence-electron chi connectivity index (χ3n) is 3.52. The molecular formula is C17H16ClFN2O. The second kappa shape index (κ2) is 5.97. The Morgan fingerprint density at radius 3 is 2.50 bits per heavy atom. The van der Waals surface area contributed by atoms with Crippen molar-refractivity contribution in [1.29, 1.82) is 0 Å². The Morgan fingerprint density at radius 1 is 1.18 bits per heavy atom. The summed E-state index contributed by atoms with van der Waals surface area (Å²) in [4.78, 5) is 4.28. The first-order valence-corrected chi connectivity index (χ1v) is 7.45. The smallest absolute Gasteiger partial charge is 0.166 e. The van der Waals surface area contributed by atoms with Crippen LogP contribution in [-0.4, -0.2) is 18.9 Å². The Morgan fingerprint density at radius 2 is 1.91 bits per heavy atom. The monoisotopic (exact) mass is 318 g/mol. The highest BCUT2D eigenvalue weighted by atomic mass is 35.5. The lowest BCUT2D eigenvalue weighted by Crippen LogP contribution is -2.19. The fourth-order valence-electron chi connectivity index (χ4n) is 2.41. The third kappa shape index (κ3) is 2.92. The average Bonchev–Trinajstić information content (AvgIpc) is 3.01. The number of halogens is 2. The van der Waals surface area contributed by atoms with Crippen LogP contribution in [0.5, 0.6) is 11.5 Å². The van der Waals surface area contributed by atoms with Crippen molar-refractivity contribution in [3.63, 3.8) is 0 Å². The van der Waals surface area contributed by atoms with E-state index < -0.39 is 5.82 Å². The maximum Gasteiger partial charge on any atom is 0.166 e. The zero-order chi connectivity index (χ0) is 15.7. The van der Waals surface area contributed by atoms with Gasteiger partial charge in [-0.15, -0.1) is 0 Å². The van der Waals surface area contributed by atoms with Crippen LogP contribution in [0.15, 0.2) is 35.3 Å². The lowest BCUT2D eigenvalue weighted by Gasteiger charge is -2.11. The van der Waals surface area contributed by atoms with Gasteiger partial charge < -0.3 is 10.1 Å². The molecule has 0 unspecified atom stereocenters. The summed E-state index contributed by atoms with van der Waals surface area (Å²) < 4.78 is 19.9. The summed E-state index contributed by atoms with van der Waals surface area (Å²) in [5.74, 6) is 1.06. The number of benzene rings is 2. The predicted molar refractivity (Wildman–Crippen MR) is 86.8 cm³/mol. The Bertz CT molecular complexity index is 735. The molecule has 0 bridgehead atoms. The van der Waals surface area contributed by atoms with Crippen molar-refractivity contribution < 1.29 is 9.13 Å². The average molecular weight is 319 g/mol. The van der Waals surface area contributed by atoms with Gasteiger partial charge >= 0.3 is 0 Å². The number of hydrogen-bond acceptors (Lipinski definition) is 3. The number of hydrogen-bond donors (Lipinski definition) is 1. The van der Waals surface area contributed by atoms with Gasteiger partial charge in [0.15, 0.2) is 11.6 Å². The van der Waals surface area contributed by atoms with Gasteiger partial charge in [-0.05, 0) is 55.3 Å². The van der Waals surface area contributed by atoms with E-state index in [1.54, 1.807) is 24.3 Å². The van der Waals surface area contributed by atoms with E-state index in [0.717, 1.165) is 35.6 Å². The van der Waals surface area contributed by atoms with Crippen molar-refractivity contribution in [2.24, 2.45) is 4.99 Å². The summed E-state index contributed by atoms with van der Waals surface area (Å²) in [5, 5.41) is 3.82. The second-order valence-electron chi connectivity index (χ2n) is 5.28. The highest BCUT2D eigenvalue weighted by molar-refractivity contribution is 6.32. The van der Waals surface area contributed by atoms with Gasteiger partial charge in [0.25, 0.3) is 0 Å². The molecule has 0 radical (unpaired) electrons. The molecule has 5 heteroatoms. The topological polar surface area (TPSA) is 33.6 Å². The van der Waals surface area contributed by atoms with E-state index >= 15 is 0 Å². The van der Waals surface area contributed by atoms with Gasteiger partial charge in [0, 0.05) is 17.1 Å². The highest BCUT2D eigenvalue weighted by Crippen LogP contribution is 2.30.